The van der Waals surface area contributed by atoms with E-state index in [9.17, 15) is 4.79 Å². The third-order valence-electron chi connectivity index (χ3n) is 1.38. The van der Waals surface area contributed by atoms with E-state index in [1.54, 1.807) is 7.11 Å². The largest absolute Gasteiger partial charge is 0.377 e. The Morgan fingerprint density at radius 3 is 3.19 bits per heavy atom. The molecule has 8 heteroatoms. The molecule has 1 aromatic heterocycles. The molecule has 1 amide bonds. The van der Waals surface area contributed by atoms with E-state index in [4.69, 9.17) is 10.00 Å². The smallest absolute Gasteiger partial charge is 0.236 e. The lowest BCUT2D eigenvalue weighted by molar-refractivity contribution is -0.113. The summed E-state index contributed by atoms with van der Waals surface area (Å²) >= 11 is 2.53. The van der Waals surface area contributed by atoms with E-state index in [1.165, 1.54) is 23.1 Å². The van der Waals surface area contributed by atoms with Gasteiger partial charge >= 0.3 is 0 Å². The predicted octanol–water partition coefficient (Wildman–Crippen LogP) is 0.880. The number of thioether (sulfide) groups is 1. The summed E-state index contributed by atoms with van der Waals surface area (Å²) in [6, 6.07) is 1.95. The lowest BCUT2D eigenvalue weighted by Gasteiger charge is -1.97. The van der Waals surface area contributed by atoms with Gasteiger partial charge in [0, 0.05) is 7.11 Å². The minimum Gasteiger partial charge on any atom is -0.377 e. The first-order valence-corrected chi connectivity index (χ1v) is 6.29. The van der Waals surface area contributed by atoms with E-state index < -0.39 is 0 Å². The molecule has 86 valence electrons. The number of nitrogens with zero attached hydrogens (tertiary/aromatic N) is 3. The maximum absolute atomic E-state index is 11.3. The standard InChI is InChI=1S/C8H10N4O2S2/c1-14-4-7-11-12-8(16-7)10-6(13)5-15-3-2-9/h3-5H2,1H3,(H,10,12,13). The Kier molecular flexibility index (Phi) is 5.77. The molecular weight excluding hydrogens is 248 g/mol. The zero-order valence-corrected chi connectivity index (χ0v) is 10.2. The maximum atomic E-state index is 11.3. The van der Waals surface area contributed by atoms with Crippen LogP contribution in [-0.2, 0) is 16.1 Å². The summed E-state index contributed by atoms with van der Waals surface area (Å²) in [5.74, 6) is 0.367. The minimum atomic E-state index is -0.180. The van der Waals surface area contributed by atoms with E-state index in [-0.39, 0.29) is 11.7 Å². The first-order valence-electron chi connectivity index (χ1n) is 4.32. The van der Waals surface area contributed by atoms with Crippen molar-refractivity contribution in [2.75, 3.05) is 23.9 Å². The van der Waals surface area contributed by atoms with Gasteiger partial charge in [-0.25, -0.2) is 0 Å². The molecule has 0 spiro atoms. The van der Waals surface area contributed by atoms with Crippen molar-refractivity contribution in [2.45, 2.75) is 6.61 Å². The van der Waals surface area contributed by atoms with Crippen molar-refractivity contribution in [3.8, 4) is 6.07 Å². The number of anilines is 1. The second kappa shape index (κ2) is 7.16. The molecule has 1 rings (SSSR count). The molecule has 0 atom stereocenters. The Hall–Kier alpha value is -1.17. The monoisotopic (exact) mass is 258 g/mol. The average molecular weight is 258 g/mol. The highest BCUT2D eigenvalue weighted by Gasteiger charge is 2.07. The molecule has 1 aromatic rings. The predicted molar refractivity (Wildman–Crippen MR) is 62.2 cm³/mol. The number of ether oxygens (including phenoxy) is 1. The number of carbonyl (C=O) groups is 1. The molecule has 1 N–H and O–H groups in total. The summed E-state index contributed by atoms with van der Waals surface area (Å²) in [5, 5.41) is 19.7. The van der Waals surface area contributed by atoms with Crippen LogP contribution in [0.3, 0.4) is 0 Å². The molecule has 0 unspecified atom stereocenters. The molecular formula is C8H10N4O2S2. The number of methoxy groups -OCH3 is 1. The van der Waals surface area contributed by atoms with Crippen LogP contribution in [0.25, 0.3) is 0 Å². The second-order valence-corrected chi connectivity index (χ2v) is 4.68. The fraction of sp³-hybridized carbons (Fsp3) is 0.500. The van der Waals surface area contributed by atoms with Crippen molar-refractivity contribution in [1.29, 1.82) is 5.26 Å². The molecule has 0 saturated carbocycles. The first kappa shape index (κ1) is 12.9. The highest BCUT2D eigenvalue weighted by molar-refractivity contribution is 8.00. The van der Waals surface area contributed by atoms with E-state index in [2.05, 4.69) is 15.5 Å². The number of hydrogen-bond acceptors (Lipinski definition) is 7. The first-order chi connectivity index (χ1) is 7.76. The van der Waals surface area contributed by atoms with Gasteiger partial charge in [-0.05, 0) is 0 Å². The van der Waals surface area contributed by atoms with Crippen LogP contribution in [0.15, 0.2) is 0 Å². The Bertz CT molecular complexity index is 388. The van der Waals surface area contributed by atoms with Crippen LogP contribution in [0.1, 0.15) is 5.01 Å². The highest BCUT2D eigenvalue weighted by atomic mass is 32.2. The average Bonchev–Trinajstić information content (AvgIpc) is 2.66. The van der Waals surface area contributed by atoms with Gasteiger partial charge < -0.3 is 4.74 Å². The Labute approximate surface area is 101 Å². The van der Waals surface area contributed by atoms with Crippen molar-refractivity contribution in [2.24, 2.45) is 0 Å². The summed E-state index contributed by atoms with van der Waals surface area (Å²) in [6.45, 7) is 0.386. The fourth-order valence-electron chi connectivity index (χ4n) is 0.831. The van der Waals surface area contributed by atoms with E-state index in [0.717, 1.165) is 0 Å². The van der Waals surface area contributed by atoms with Crippen molar-refractivity contribution in [1.82, 2.24) is 10.2 Å². The van der Waals surface area contributed by atoms with Crippen molar-refractivity contribution < 1.29 is 9.53 Å². The summed E-state index contributed by atoms with van der Waals surface area (Å²) in [6.07, 6.45) is 0. The van der Waals surface area contributed by atoms with Crippen LogP contribution >= 0.6 is 23.1 Å². The lowest BCUT2D eigenvalue weighted by Crippen LogP contribution is -2.14. The van der Waals surface area contributed by atoms with Gasteiger partial charge in [0.25, 0.3) is 0 Å². The van der Waals surface area contributed by atoms with Gasteiger partial charge in [0.2, 0.25) is 11.0 Å². The van der Waals surface area contributed by atoms with Crippen molar-refractivity contribution in [3.63, 3.8) is 0 Å². The number of nitriles is 1. The molecule has 0 aliphatic rings. The number of nitrogens with one attached hydrogen (secondary N) is 1. The van der Waals surface area contributed by atoms with Gasteiger partial charge in [0.05, 0.1) is 17.6 Å². The number of aromatic nitrogens is 2. The number of amides is 1. The number of hydrogen-bond donors (Lipinski definition) is 1. The second-order valence-electron chi connectivity index (χ2n) is 2.63. The Morgan fingerprint density at radius 2 is 2.50 bits per heavy atom. The van der Waals surface area contributed by atoms with Crippen LogP contribution in [0.5, 0.6) is 0 Å². The number of rotatable bonds is 6. The zero-order chi connectivity index (χ0) is 11.8. The molecule has 0 fully saturated rings. The van der Waals surface area contributed by atoms with E-state index in [0.29, 0.717) is 22.5 Å². The minimum absolute atomic E-state index is 0.180. The third-order valence-corrected chi connectivity index (χ3v) is 2.99. The molecule has 0 saturated heterocycles. The van der Waals surface area contributed by atoms with Crippen LogP contribution in [0, 0.1) is 11.3 Å². The third kappa shape index (κ3) is 4.57. The highest BCUT2D eigenvalue weighted by Crippen LogP contribution is 2.15. The van der Waals surface area contributed by atoms with E-state index in [1.807, 2.05) is 6.07 Å². The van der Waals surface area contributed by atoms with Gasteiger partial charge in [0.1, 0.15) is 11.6 Å². The van der Waals surface area contributed by atoms with Crippen LogP contribution in [-0.4, -0.2) is 34.7 Å². The topological polar surface area (TPSA) is 87.9 Å². The summed E-state index contributed by atoms with van der Waals surface area (Å²) in [5.41, 5.74) is 0. The van der Waals surface area contributed by atoms with Gasteiger partial charge in [-0.1, -0.05) is 11.3 Å². The number of carbonyl (C=O) groups excluding carboxylic acids is 1. The molecule has 0 aliphatic carbocycles. The van der Waals surface area contributed by atoms with Gasteiger partial charge in [-0.3, -0.25) is 10.1 Å². The normalized spacial score (nSPS) is 9.75. The maximum Gasteiger partial charge on any atom is 0.236 e. The van der Waals surface area contributed by atoms with Crippen LogP contribution in [0.2, 0.25) is 0 Å². The van der Waals surface area contributed by atoms with Crippen LogP contribution < -0.4 is 5.32 Å². The fourth-order valence-corrected chi connectivity index (χ4v) is 2.01. The van der Waals surface area contributed by atoms with Gasteiger partial charge in [0.15, 0.2) is 0 Å². The Morgan fingerprint density at radius 1 is 1.69 bits per heavy atom. The zero-order valence-electron chi connectivity index (χ0n) is 8.60. The van der Waals surface area contributed by atoms with Crippen molar-refractivity contribution >= 4 is 34.1 Å². The summed E-state index contributed by atoms with van der Waals surface area (Å²) < 4.78 is 4.88. The van der Waals surface area contributed by atoms with Crippen LogP contribution in [0.4, 0.5) is 5.13 Å². The molecule has 0 aromatic carbocycles. The summed E-state index contributed by atoms with van der Waals surface area (Å²) in [7, 11) is 1.57. The van der Waals surface area contributed by atoms with E-state index >= 15 is 0 Å². The SMILES string of the molecule is COCc1nnc(NC(=O)CSCC#N)s1. The van der Waals surface area contributed by atoms with Gasteiger partial charge in [-0.2, -0.15) is 5.26 Å². The Balaban J connectivity index is 2.35. The van der Waals surface area contributed by atoms with Gasteiger partial charge in [-0.15, -0.1) is 22.0 Å². The molecule has 1 heterocycles. The molecule has 6 nitrogen and oxygen atoms in total. The molecule has 0 aliphatic heterocycles. The molecule has 0 radical (unpaired) electrons. The summed E-state index contributed by atoms with van der Waals surface area (Å²) in [4.78, 5) is 11.3. The lowest BCUT2D eigenvalue weighted by atomic mass is 10.7. The molecule has 16 heavy (non-hydrogen) atoms. The molecule has 0 bridgehead atoms. The van der Waals surface area contributed by atoms with Crippen molar-refractivity contribution in [3.05, 3.63) is 5.01 Å². The quantitative estimate of drug-likeness (QED) is 0.762.